The number of H-pyrrole nitrogens is 1. The van der Waals surface area contributed by atoms with E-state index < -0.39 is 5.60 Å². The Morgan fingerprint density at radius 3 is 2.53 bits per heavy atom. The van der Waals surface area contributed by atoms with Gasteiger partial charge >= 0.3 is 0 Å². The van der Waals surface area contributed by atoms with Crippen molar-refractivity contribution >= 4 is 10.9 Å². The quantitative estimate of drug-likeness (QED) is 0.744. The lowest BCUT2D eigenvalue weighted by Crippen LogP contribution is -2.46. The lowest BCUT2D eigenvalue weighted by molar-refractivity contribution is -0.0544. The normalized spacial score (nSPS) is 16.1. The number of rotatable bonds is 2. The summed E-state index contributed by atoms with van der Waals surface area (Å²) < 4.78 is 0. The van der Waals surface area contributed by atoms with Gasteiger partial charge in [0, 0.05) is 23.6 Å². The molecule has 1 aromatic carbocycles. The summed E-state index contributed by atoms with van der Waals surface area (Å²) in [6.07, 6.45) is 1.88. The van der Waals surface area contributed by atoms with Gasteiger partial charge in [-0.15, -0.1) is 0 Å². The fourth-order valence-electron chi connectivity index (χ4n) is 2.27. The first kappa shape index (κ1) is 12.1. The number of benzene rings is 1. The summed E-state index contributed by atoms with van der Waals surface area (Å²) >= 11 is 0. The molecule has 3 nitrogen and oxygen atoms in total. The van der Waals surface area contributed by atoms with Crippen molar-refractivity contribution in [1.29, 1.82) is 0 Å². The van der Waals surface area contributed by atoms with Gasteiger partial charge in [-0.2, -0.15) is 0 Å². The first-order valence-corrected chi connectivity index (χ1v) is 5.89. The van der Waals surface area contributed by atoms with Crippen LogP contribution in [0.15, 0.2) is 30.5 Å². The minimum Gasteiger partial charge on any atom is -0.383 e. The topological polar surface area (TPSA) is 62.0 Å². The number of nitrogens with one attached hydrogen (secondary N) is 1. The third-order valence-corrected chi connectivity index (χ3v) is 3.58. The standard InChI is InChI=1S/C14H20N2O/c1-13(2,3)14(17,9-15)11-5-4-6-12-10(11)7-8-16-12/h4-8,16-17H,9,15H2,1-3H3. The smallest absolute Gasteiger partial charge is 0.107 e. The van der Waals surface area contributed by atoms with Crippen LogP contribution in [0, 0.1) is 5.41 Å². The van der Waals surface area contributed by atoms with E-state index in [1.54, 1.807) is 0 Å². The van der Waals surface area contributed by atoms with Gasteiger partial charge < -0.3 is 15.8 Å². The summed E-state index contributed by atoms with van der Waals surface area (Å²) in [6, 6.07) is 7.88. The molecule has 0 radical (unpaired) electrons. The first-order chi connectivity index (χ1) is 7.90. The summed E-state index contributed by atoms with van der Waals surface area (Å²) in [5, 5.41) is 11.9. The van der Waals surface area contributed by atoms with Crippen LogP contribution >= 0.6 is 0 Å². The molecule has 2 rings (SSSR count). The van der Waals surface area contributed by atoms with Gasteiger partial charge in [-0.05, 0) is 23.1 Å². The van der Waals surface area contributed by atoms with Crippen LogP contribution in [0.2, 0.25) is 0 Å². The SMILES string of the molecule is CC(C)(C)C(O)(CN)c1cccc2[nH]ccc12. The van der Waals surface area contributed by atoms with Crippen molar-refractivity contribution in [2.24, 2.45) is 11.1 Å². The second-order valence-corrected chi connectivity index (χ2v) is 5.56. The molecule has 0 saturated heterocycles. The highest BCUT2D eigenvalue weighted by atomic mass is 16.3. The molecule has 3 heteroatoms. The zero-order valence-electron chi connectivity index (χ0n) is 10.6. The highest BCUT2D eigenvalue weighted by Crippen LogP contribution is 2.41. The second kappa shape index (κ2) is 3.86. The zero-order chi connectivity index (χ0) is 12.7. The zero-order valence-corrected chi connectivity index (χ0v) is 10.6. The van der Waals surface area contributed by atoms with E-state index in [-0.39, 0.29) is 12.0 Å². The molecule has 0 amide bonds. The van der Waals surface area contributed by atoms with Crippen molar-refractivity contribution in [3.8, 4) is 0 Å². The molecule has 17 heavy (non-hydrogen) atoms. The molecule has 0 spiro atoms. The van der Waals surface area contributed by atoms with E-state index in [1.165, 1.54) is 0 Å². The minimum atomic E-state index is -1.02. The molecular weight excluding hydrogens is 212 g/mol. The molecule has 0 saturated carbocycles. The lowest BCUT2D eigenvalue weighted by Gasteiger charge is -2.40. The molecule has 0 fully saturated rings. The Labute approximate surface area is 102 Å². The van der Waals surface area contributed by atoms with E-state index in [9.17, 15) is 5.11 Å². The fourth-order valence-corrected chi connectivity index (χ4v) is 2.27. The fraction of sp³-hybridized carbons (Fsp3) is 0.429. The van der Waals surface area contributed by atoms with Gasteiger partial charge in [0.25, 0.3) is 0 Å². The van der Waals surface area contributed by atoms with Crippen molar-refractivity contribution < 1.29 is 5.11 Å². The van der Waals surface area contributed by atoms with Gasteiger partial charge in [0.1, 0.15) is 5.60 Å². The predicted octanol–water partition coefficient (Wildman–Crippen LogP) is 2.36. The van der Waals surface area contributed by atoms with Gasteiger partial charge in [-0.1, -0.05) is 32.9 Å². The third kappa shape index (κ3) is 1.75. The van der Waals surface area contributed by atoms with E-state index >= 15 is 0 Å². The van der Waals surface area contributed by atoms with Crippen LogP contribution in [0.4, 0.5) is 0 Å². The molecule has 0 aliphatic rings. The number of fused-ring (bicyclic) bond motifs is 1. The Bertz CT molecular complexity index is 524. The molecular formula is C14H20N2O. The molecule has 1 atom stereocenters. The van der Waals surface area contributed by atoms with Crippen LogP contribution in [-0.4, -0.2) is 16.6 Å². The van der Waals surface area contributed by atoms with Gasteiger partial charge in [0.15, 0.2) is 0 Å². The first-order valence-electron chi connectivity index (χ1n) is 5.89. The molecule has 0 aliphatic heterocycles. The average molecular weight is 232 g/mol. The van der Waals surface area contributed by atoms with E-state index in [1.807, 2.05) is 51.2 Å². The highest BCUT2D eigenvalue weighted by molar-refractivity contribution is 5.83. The molecule has 92 valence electrons. The maximum Gasteiger partial charge on any atom is 0.107 e. The number of aliphatic hydroxyl groups is 1. The molecule has 4 N–H and O–H groups in total. The summed E-state index contributed by atoms with van der Waals surface area (Å²) in [5.74, 6) is 0. The minimum absolute atomic E-state index is 0.209. The number of hydrogen-bond acceptors (Lipinski definition) is 2. The molecule has 0 aliphatic carbocycles. The number of hydrogen-bond donors (Lipinski definition) is 3. The Balaban J connectivity index is 2.70. The lowest BCUT2D eigenvalue weighted by atomic mass is 9.71. The summed E-state index contributed by atoms with van der Waals surface area (Å²) in [7, 11) is 0. The Morgan fingerprint density at radius 1 is 1.24 bits per heavy atom. The summed E-state index contributed by atoms with van der Waals surface area (Å²) in [5.41, 5.74) is 6.41. The van der Waals surface area contributed by atoms with Crippen molar-refractivity contribution in [3.63, 3.8) is 0 Å². The van der Waals surface area contributed by atoms with Gasteiger partial charge in [0.2, 0.25) is 0 Å². The summed E-state index contributed by atoms with van der Waals surface area (Å²) in [6.45, 7) is 6.23. The predicted molar refractivity (Wildman–Crippen MR) is 70.7 cm³/mol. The molecule has 1 aromatic heterocycles. The Hall–Kier alpha value is -1.32. The van der Waals surface area contributed by atoms with Crippen molar-refractivity contribution in [2.45, 2.75) is 26.4 Å². The number of aromatic nitrogens is 1. The van der Waals surface area contributed by atoms with Crippen LogP contribution < -0.4 is 5.73 Å². The van der Waals surface area contributed by atoms with Crippen molar-refractivity contribution in [3.05, 3.63) is 36.0 Å². The number of nitrogens with two attached hydrogens (primary N) is 1. The van der Waals surface area contributed by atoms with Gasteiger partial charge in [0.05, 0.1) is 0 Å². The average Bonchev–Trinajstić information content (AvgIpc) is 2.73. The number of aromatic amines is 1. The second-order valence-electron chi connectivity index (χ2n) is 5.56. The van der Waals surface area contributed by atoms with Crippen LogP contribution in [-0.2, 0) is 5.60 Å². The molecule has 1 heterocycles. The Kier molecular flexibility index (Phi) is 2.76. The largest absolute Gasteiger partial charge is 0.383 e. The van der Waals surface area contributed by atoms with E-state index in [0.29, 0.717) is 0 Å². The van der Waals surface area contributed by atoms with Crippen molar-refractivity contribution in [1.82, 2.24) is 4.98 Å². The summed E-state index contributed by atoms with van der Waals surface area (Å²) in [4.78, 5) is 3.16. The monoisotopic (exact) mass is 232 g/mol. The van der Waals surface area contributed by atoms with Crippen LogP contribution in [0.25, 0.3) is 10.9 Å². The van der Waals surface area contributed by atoms with Crippen molar-refractivity contribution in [2.75, 3.05) is 6.54 Å². The van der Waals surface area contributed by atoms with Gasteiger partial charge in [-0.25, -0.2) is 0 Å². The Morgan fingerprint density at radius 2 is 1.94 bits per heavy atom. The van der Waals surface area contributed by atoms with E-state index in [4.69, 9.17) is 5.73 Å². The van der Waals surface area contributed by atoms with Crippen LogP contribution in [0.3, 0.4) is 0 Å². The van der Waals surface area contributed by atoms with E-state index in [0.717, 1.165) is 16.5 Å². The van der Waals surface area contributed by atoms with Crippen LogP contribution in [0.1, 0.15) is 26.3 Å². The molecule has 2 aromatic rings. The van der Waals surface area contributed by atoms with Crippen LogP contribution in [0.5, 0.6) is 0 Å². The van der Waals surface area contributed by atoms with E-state index in [2.05, 4.69) is 4.98 Å². The molecule has 0 bridgehead atoms. The third-order valence-electron chi connectivity index (χ3n) is 3.58. The van der Waals surface area contributed by atoms with Gasteiger partial charge in [-0.3, -0.25) is 0 Å². The maximum atomic E-state index is 10.9. The highest BCUT2D eigenvalue weighted by Gasteiger charge is 2.41. The molecule has 1 unspecified atom stereocenters. The maximum absolute atomic E-state index is 10.9.